The number of para-hydroxylation sites is 1. The highest BCUT2D eigenvalue weighted by Gasteiger charge is 2.05. The maximum absolute atomic E-state index is 13.6. The van der Waals surface area contributed by atoms with Crippen molar-refractivity contribution < 1.29 is 4.39 Å². The zero-order chi connectivity index (χ0) is 17.5. The van der Waals surface area contributed by atoms with Crippen molar-refractivity contribution in [1.29, 1.82) is 5.26 Å². The Hall–Kier alpha value is -3.46. The van der Waals surface area contributed by atoms with Crippen molar-refractivity contribution in [3.63, 3.8) is 0 Å². The van der Waals surface area contributed by atoms with E-state index >= 15 is 0 Å². The number of anilines is 3. The monoisotopic (exact) mass is 333 g/mol. The van der Waals surface area contributed by atoms with Crippen LogP contribution in [-0.2, 0) is 6.42 Å². The van der Waals surface area contributed by atoms with Gasteiger partial charge in [-0.05, 0) is 36.2 Å². The van der Waals surface area contributed by atoms with Gasteiger partial charge in [0.25, 0.3) is 0 Å². The lowest BCUT2D eigenvalue weighted by molar-refractivity contribution is 0.610. The summed E-state index contributed by atoms with van der Waals surface area (Å²) >= 11 is 0. The molecule has 2 N–H and O–H groups in total. The van der Waals surface area contributed by atoms with Crippen LogP contribution >= 0.6 is 0 Å². The molecule has 0 fully saturated rings. The van der Waals surface area contributed by atoms with E-state index in [-0.39, 0.29) is 5.82 Å². The number of nitriles is 1. The highest BCUT2D eigenvalue weighted by molar-refractivity contribution is 5.63. The van der Waals surface area contributed by atoms with Gasteiger partial charge < -0.3 is 10.6 Å². The van der Waals surface area contributed by atoms with E-state index in [1.807, 2.05) is 12.1 Å². The molecule has 6 heteroatoms. The molecule has 0 aliphatic rings. The largest absolute Gasteiger partial charge is 0.370 e. The highest BCUT2D eigenvalue weighted by atomic mass is 19.1. The van der Waals surface area contributed by atoms with Crippen LogP contribution in [0, 0.1) is 17.1 Å². The Morgan fingerprint density at radius 1 is 1.04 bits per heavy atom. The zero-order valence-electron chi connectivity index (χ0n) is 13.4. The molecule has 0 saturated heterocycles. The third-order valence-electron chi connectivity index (χ3n) is 3.61. The standard InChI is InChI=1S/C19H16FN5/c20-16-7-3-1-5-14(16)9-11-22-18-10-12-23-19(25-18)24-17-8-4-2-6-15(17)13-21/h1-8,10,12H,9,11H2,(H2,22,23,24,25). The molecule has 0 aliphatic heterocycles. The number of benzene rings is 2. The fourth-order valence-corrected chi connectivity index (χ4v) is 2.35. The molecule has 0 saturated carbocycles. The van der Waals surface area contributed by atoms with Gasteiger partial charge in [0, 0.05) is 12.7 Å². The minimum atomic E-state index is -0.206. The summed E-state index contributed by atoms with van der Waals surface area (Å²) < 4.78 is 13.6. The summed E-state index contributed by atoms with van der Waals surface area (Å²) in [6, 6.07) is 17.7. The minimum Gasteiger partial charge on any atom is -0.370 e. The molecule has 124 valence electrons. The summed E-state index contributed by atoms with van der Waals surface area (Å²) in [5.74, 6) is 0.810. The van der Waals surface area contributed by atoms with E-state index in [4.69, 9.17) is 5.26 Å². The van der Waals surface area contributed by atoms with Gasteiger partial charge in [0.05, 0.1) is 11.3 Å². The average Bonchev–Trinajstić information content (AvgIpc) is 2.64. The molecule has 0 aliphatic carbocycles. The van der Waals surface area contributed by atoms with Crippen molar-refractivity contribution in [1.82, 2.24) is 9.97 Å². The quantitative estimate of drug-likeness (QED) is 0.716. The molecule has 1 aromatic heterocycles. The molecule has 0 radical (unpaired) electrons. The lowest BCUT2D eigenvalue weighted by Gasteiger charge is -2.09. The van der Waals surface area contributed by atoms with E-state index in [0.717, 1.165) is 0 Å². The van der Waals surface area contributed by atoms with Gasteiger partial charge >= 0.3 is 0 Å². The van der Waals surface area contributed by atoms with Crippen molar-refractivity contribution in [2.45, 2.75) is 6.42 Å². The highest BCUT2D eigenvalue weighted by Crippen LogP contribution is 2.18. The Kier molecular flexibility index (Phi) is 5.17. The van der Waals surface area contributed by atoms with Crippen molar-refractivity contribution in [3.8, 4) is 6.07 Å². The second-order valence-electron chi connectivity index (χ2n) is 5.32. The van der Waals surface area contributed by atoms with Crippen molar-refractivity contribution in [3.05, 3.63) is 77.7 Å². The third-order valence-corrected chi connectivity index (χ3v) is 3.61. The van der Waals surface area contributed by atoms with Crippen LogP contribution < -0.4 is 10.6 Å². The fourth-order valence-electron chi connectivity index (χ4n) is 2.35. The van der Waals surface area contributed by atoms with Gasteiger partial charge in [-0.2, -0.15) is 10.2 Å². The van der Waals surface area contributed by atoms with Crippen molar-refractivity contribution in [2.75, 3.05) is 17.2 Å². The van der Waals surface area contributed by atoms with Crippen LogP contribution in [0.4, 0.5) is 21.8 Å². The Bertz CT molecular complexity index is 904. The Labute approximate surface area is 145 Å². The third kappa shape index (κ3) is 4.30. The van der Waals surface area contributed by atoms with Crippen LogP contribution in [0.1, 0.15) is 11.1 Å². The average molecular weight is 333 g/mol. The Morgan fingerprint density at radius 2 is 1.84 bits per heavy atom. The molecule has 0 bridgehead atoms. The maximum Gasteiger partial charge on any atom is 0.229 e. The van der Waals surface area contributed by atoms with Gasteiger partial charge in [-0.25, -0.2) is 9.37 Å². The normalized spacial score (nSPS) is 10.1. The predicted molar refractivity (Wildman–Crippen MR) is 95.1 cm³/mol. The molecule has 3 aromatic rings. The molecule has 3 rings (SSSR count). The van der Waals surface area contributed by atoms with E-state index < -0.39 is 0 Å². The summed E-state index contributed by atoms with van der Waals surface area (Å²) in [7, 11) is 0. The molecular weight excluding hydrogens is 317 g/mol. The number of rotatable bonds is 6. The number of nitrogens with zero attached hydrogens (tertiary/aromatic N) is 3. The van der Waals surface area contributed by atoms with Gasteiger partial charge in [0.2, 0.25) is 5.95 Å². The van der Waals surface area contributed by atoms with Gasteiger partial charge in [0.15, 0.2) is 0 Å². The molecule has 0 spiro atoms. The van der Waals surface area contributed by atoms with Gasteiger partial charge in [-0.3, -0.25) is 0 Å². The molecule has 1 heterocycles. The maximum atomic E-state index is 13.6. The predicted octanol–water partition coefficient (Wildman–Crippen LogP) is 3.89. The van der Waals surface area contributed by atoms with Gasteiger partial charge in [0.1, 0.15) is 17.7 Å². The minimum absolute atomic E-state index is 0.206. The van der Waals surface area contributed by atoms with E-state index in [9.17, 15) is 4.39 Å². The van der Waals surface area contributed by atoms with Gasteiger partial charge in [-0.1, -0.05) is 30.3 Å². The smallest absolute Gasteiger partial charge is 0.229 e. The van der Waals surface area contributed by atoms with Crippen LogP contribution in [0.15, 0.2) is 60.8 Å². The molecule has 0 atom stereocenters. The number of aromatic nitrogens is 2. The summed E-state index contributed by atoms with van der Waals surface area (Å²) in [5, 5.41) is 15.3. The summed E-state index contributed by atoms with van der Waals surface area (Å²) in [6.07, 6.45) is 2.17. The van der Waals surface area contributed by atoms with E-state index in [1.54, 1.807) is 42.6 Å². The Morgan fingerprint density at radius 3 is 2.68 bits per heavy atom. The van der Waals surface area contributed by atoms with Crippen LogP contribution in [0.5, 0.6) is 0 Å². The summed E-state index contributed by atoms with van der Waals surface area (Å²) in [4.78, 5) is 8.52. The fraction of sp³-hybridized carbons (Fsp3) is 0.105. The molecule has 0 amide bonds. The molecule has 5 nitrogen and oxygen atoms in total. The molecule has 25 heavy (non-hydrogen) atoms. The van der Waals surface area contributed by atoms with Crippen molar-refractivity contribution in [2.24, 2.45) is 0 Å². The summed E-state index contributed by atoms with van der Waals surface area (Å²) in [5.41, 5.74) is 1.82. The van der Waals surface area contributed by atoms with E-state index in [0.29, 0.717) is 41.5 Å². The lowest BCUT2D eigenvalue weighted by Crippen LogP contribution is -2.08. The van der Waals surface area contributed by atoms with Crippen molar-refractivity contribution >= 4 is 17.5 Å². The van der Waals surface area contributed by atoms with Crippen LogP contribution in [0.25, 0.3) is 0 Å². The number of nitrogens with one attached hydrogen (secondary N) is 2. The first kappa shape index (κ1) is 16.4. The first-order chi connectivity index (χ1) is 12.3. The second-order valence-corrected chi connectivity index (χ2v) is 5.32. The molecule has 2 aromatic carbocycles. The van der Waals surface area contributed by atoms with Crippen LogP contribution in [0.2, 0.25) is 0 Å². The lowest BCUT2D eigenvalue weighted by atomic mass is 10.1. The first-order valence-electron chi connectivity index (χ1n) is 7.83. The summed E-state index contributed by atoms with van der Waals surface area (Å²) in [6.45, 7) is 0.548. The van der Waals surface area contributed by atoms with Gasteiger partial charge in [-0.15, -0.1) is 0 Å². The number of hydrogen-bond donors (Lipinski definition) is 2. The number of hydrogen-bond acceptors (Lipinski definition) is 5. The zero-order valence-corrected chi connectivity index (χ0v) is 13.4. The molecule has 0 unspecified atom stereocenters. The number of halogens is 1. The molecular formula is C19H16FN5. The first-order valence-corrected chi connectivity index (χ1v) is 7.83. The van der Waals surface area contributed by atoms with E-state index in [1.165, 1.54) is 6.07 Å². The Balaban J connectivity index is 1.64. The van der Waals surface area contributed by atoms with Crippen LogP contribution in [0.3, 0.4) is 0 Å². The second kappa shape index (κ2) is 7.88. The SMILES string of the molecule is N#Cc1ccccc1Nc1nccc(NCCc2ccccc2F)n1. The topological polar surface area (TPSA) is 73.6 Å². The van der Waals surface area contributed by atoms with E-state index in [2.05, 4.69) is 26.7 Å². The van der Waals surface area contributed by atoms with Crippen LogP contribution in [-0.4, -0.2) is 16.5 Å².